The van der Waals surface area contributed by atoms with E-state index in [0.29, 0.717) is 5.65 Å². The Hall–Kier alpha value is -0.550. The average Bonchev–Trinajstić information content (AvgIpc) is 2.49. The van der Waals surface area contributed by atoms with Crippen molar-refractivity contribution in [3.8, 4) is 0 Å². The number of aromatic nitrogens is 2. The Labute approximate surface area is 81.3 Å². The van der Waals surface area contributed by atoms with Gasteiger partial charge in [0.25, 0.3) is 0 Å². The van der Waals surface area contributed by atoms with Crippen LogP contribution in [0.3, 0.4) is 0 Å². The van der Waals surface area contributed by atoms with Crippen molar-refractivity contribution in [3.63, 3.8) is 0 Å². The zero-order chi connectivity index (χ0) is 8.55. The van der Waals surface area contributed by atoms with Crippen LogP contribution < -0.4 is 0 Å². The molecule has 0 amide bonds. The standard InChI is InChI=1S/C7H4BrFN2S/c8-6-1-3-10-7-5(6)2-4-11(7)12-9/h1-4H. The number of hydrogen-bond acceptors (Lipinski definition) is 2. The highest BCUT2D eigenvalue weighted by Crippen LogP contribution is 2.25. The Bertz CT molecular complexity index is 415. The Morgan fingerprint density at radius 3 is 3.08 bits per heavy atom. The van der Waals surface area contributed by atoms with E-state index in [4.69, 9.17) is 0 Å². The van der Waals surface area contributed by atoms with Crippen molar-refractivity contribution in [2.75, 3.05) is 0 Å². The van der Waals surface area contributed by atoms with Crippen LogP contribution in [0.25, 0.3) is 11.0 Å². The summed E-state index contributed by atoms with van der Waals surface area (Å²) in [6.07, 6.45) is 3.28. The van der Waals surface area contributed by atoms with Gasteiger partial charge in [0, 0.05) is 22.3 Å². The van der Waals surface area contributed by atoms with Crippen LogP contribution in [0.1, 0.15) is 0 Å². The van der Waals surface area contributed by atoms with Gasteiger partial charge in [0.1, 0.15) is 0 Å². The van der Waals surface area contributed by atoms with E-state index in [9.17, 15) is 3.89 Å². The third-order valence-electron chi connectivity index (χ3n) is 1.58. The van der Waals surface area contributed by atoms with Gasteiger partial charge in [-0.2, -0.15) is 0 Å². The SMILES string of the molecule is FSn1ccc2c(Br)ccnc21. The number of fused-ring (bicyclic) bond motifs is 1. The molecular weight excluding hydrogens is 243 g/mol. The first-order valence-electron chi connectivity index (χ1n) is 3.23. The predicted molar refractivity (Wildman–Crippen MR) is 51.5 cm³/mol. The number of pyridine rings is 1. The minimum atomic E-state index is 0.147. The van der Waals surface area contributed by atoms with Crippen LogP contribution in [0.2, 0.25) is 0 Å². The maximum Gasteiger partial charge on any atom is 0.171 e. The lowest BCUT2D eigenvalue weighted by molar-refractivity contribution is 0.919. The van der Waals surface area contributed by atoms with Gasteiger partial charge < -0.3 is 0 Å². The molecule has 2 rings (SSSR count). The smallest absolute Gasteiger partial charge is 0.171 e. The zero-order valence-electron chi connectivity index (χ0n) is 5.87. The first-order valence-corrected chi connectivity index (χ1v) is 4.70. The van der Waals surface area contributed by atoms with Crippen molar-refractivity contribution in [2.24, 2.45) is 0 Å². The van der Waals surface area contributed by atoms with E-state index in [1.165, 1.54) is 3.97 Å². The highest BCUT2D eigenvalue weighted by atomic mass is 79.9. The molecule has 0 spiro atoms. The highest BCUT2D eigenvalue weighted by Gasteiger charge is 2.04. The van der Waals surface area contributed by atoms with Crippen molar-refractivity contribution in [3.05, 3.63) is 29.0 Å². The Kier molecular flexibility index (Phi) is 2.06. The maximum atomic E-state index is 12.2. The number of halogens is 2. The van der Waals surface area contributed by atoms with Crippen molar-refractivity contribution >= 4 is 39.3 Å². The molecule has 5 heteroatoms. The highest BCUT2D eigenvalue weighted by molar-refractivity contribution is 9.10. The lowest BCUT2D eigenvalue weighted by atomic mass is 10.3. The van der Waals surface area contributed by atoms with Crippen LogP contribution in [0.15, 0.2) is 29.0 Å². The third kappa shape index (κ3) is 1.13. The van der Waals surface area contributed by atoms with E-state index in [-0.39, 0.29) is 12.3 Å². The van der Waals surface area contributed by atoms with Gasteiger partial charge in [-0.25, -0.2) is 8.96 Å². The van der Waals surface area contributed by atoms with Gasteiger partial charge in [0.2, 0.25) is 0 Å². The van der Waals surface area contributed by atoms with Gasteiger partial charge in [-0.05, 0) is 28.1 Å². The molecule has 0 aromatic carbocycles. The summed E-state index contributed by atoms with van der Waals surface area (Å²) in [6, 6.07) is 3.65. The minimum Gasteiger partial charge on any atom is -0.247 e. The van der Waals surface area contributed by atoms with Gasteiger partial charge in [-0.3, -0.25) is 0 Å². The summed E-state index contributed by atoms with van der Waals surface area (Å²) in [5, 5.41) is 0.919. The summed E-state index contributed by atoms with van der Waals surface area (Å²) in [7, 11) is 0. The van der Waals surface area contributed by atoms with Crippen LogP contribution in [-0.4, -0.2) is 8.96 Å². The fraction of sp³-hybridized carbons (Fsp3) is 0. The van der Waals surface area contributed by atoms with Gasteiger partial charge in [-0.1, -0.05) is 0 Å². The second-order valence-electron chi connectivity index (χ2n) is 2.24. The summed E-state index contributed by atoms with van der Waals surface area (Å²) in [5.74, 6) is 0. The van der Waals surface area contributed by atoms with Crippen molar-refractivity contribution in [2.45, 2.75) is 0 Å². The average molecular weight is 247 g/mol. The van der Waals surface area contributed by atoms with Gasteiger partial charge in [0.15, 0.2) is 18.0 Å². The molecule has 0 aliphatic carbocycles. The van der Waals surface area contributed by atoms with Gasteiger partial charge >= 0.3 is 0 Å². The fourth-order valence-corrected chi connectivity index (χ4v) is 1.78. The number of nitrogens with zero attached hydrogens (tertiary/aromatic N) is 2. The third-order valence-corrected chi connectivity index (χ3v) is 2.71. The molecule has 2 aromatic rings. The second-order valence-corrected chi connectivity index (χ2v) is 3.63. The molecule has 0 unspecified atom stereocenters. The molecule has 0 aliphatic rings. The number of hydrogen-bond donors (Lipinski definition) is 0. The molecule has 0 N–H and O–H groups in total. The molecule has 2 nitrogen and oxygen atoms in total. The van der Waals surface area contributed by atoms with E-state index in [1.807, 2.05) is 12.1 Å². The minimum absolute atomic E-state index is 0.147. The van der Waals surface area contributed by atoms with E-state index >= 15 is 0 Å². The van der Waals surface area contributed by atoms with Gasteiger partial charge in [0.05, 0.1) is 0 Å². The van der Waals surface area contributed by atoms with E-state index in [0.717, 1.165) is 9.86 Å². The molecule has 2 heterocycles. The first-order chi connectivity index (χ1) is 5.83. The molecule has 0 aliphatic heterocycles. The summed E-state index contributed by atoms with van der Waals surface area (Å²) in [4.78, 5) is 4.04. The molecular formula is C7H4BrFN2S. The lowest BCUT2D eigenvalue weighted by Crippen LogP contribution is -1.83. The fourth-order valence-electron chi connectivity index (χ4n) is 1.04. The van der Waals surface area contributed by atoms with Crippen LogP contribution >= 0.6 is 28.3 Å². The summed E-state index contributed by atoms with van der Waals surface area (Å²) in [6.45, 7) is 0. The Morgan fingerprint density at radius 2 is 2.33 bits per heavy atom. The molecule has 12 heavy (non-hydrogen) atoms. The van der Waals surface area contributed by atoms with Crippen molar-refractivity contribution in [1.82, 2.24) is 8.96 Å². The van der Waals surface area contributed by atoms with E-state index in [2.05, 4.69) is 20.9 Å². The molecule has 0 fully saturated rings. The van der Waals surface area contributed by atoms with E-state index < -0.39 is 0 Å². The second kappa shape index (κ2) is 3.06. The Morgan fingerprint density at radius 1 is 1.50 bits per heavy atom. The van der Waals surface area contributed by atoms with Gasteiger partial charge in [-0.15, -0.1) is 3.89 Å². The topological polar surface area (TPSA) is 17.8 Å². The van der Waals surface area contributed by atoms with Crippen molar-refractivity contribution in [1.29, 1.82) is 0 Å². The normalized spacial score (nSPS) is 10.8. The summed E-state index contributed by atoms with van der Waals surface area (Å²) in [5.41, 5.74) is 0.636. The molecule has 0 saturated heterocycles. The summed E-state index contributed by atoms with van der Waals surface area (Å²) >= 11 is 3.50. The lowest BCUT2D eigenvalue weighted by Gasteiger charge is -1.95. The van der Waals surface area contributed by atoms with Crippen LogP contribution in [-0.2, 0) is 0 Å². The largest absolute Gasteiger partial charge is 0.247 e. The zero-order valence-corrected chi connectivity index (χ0v) is 8.27. The molecule has 0 saturated carbocycles. The van der Waals surface area contributed by atoms with Crippen LogP contribution in [0.5, 0.6) is 0 Å². The Balaban J connectivity index is 2.80. The number of rotatable bonds is 1. The van der Waals surface area contributed by atoms with Crippen molar-refractivity contribution < 1.29 is 3.89 Å². The molecule has 0 bridgehead atoms. The van der Waals surface area contributed by atoms with E-state index in [1.54, 1.807) is 12.4 Å². The molecule has 62 valence electrons. The summed E-state index contributed by atoms with van der Waals surface area (Å²) < 4.78 is 14.6. The predicted octanol–water partition coefficient (Wildman–Crippen LogP) is 3.18. The maximum absolute atomic E-state index is 12.2. The van der Waals surface area contributed by atoms with Crippen LogP contribution in [0, 0.1) is 0 Å². The van der Waals surface area contributed by atoms with Crippen LogP contribution in [0.4, 0.5) is 3.89 Å². The first kappa shape index (κ1) is 8.07. The molecule has 0 radical (unpaired) electrons. The molecule has 2 aromatic heterocycles. The monoisotopic (exact) mass is 246 g/mol. The quantitative estimate of drug-likeness (QED) is 0.770. The molecule has 0 atom stereocenters.